The molecule has 128 valence electrons. The molecule has 0 fully saturated rings. The van der Waals surface area contributed by atoms with Crippen LogP contribution < -0.4 is 5.32 Å². The maximum Gasteiger partial charge on any atom is 0.330 e. The fraction of sp³-hybridized carbons (Fsp3) is 0.812. The molecule has 1 amide bonds. The molecule has 0 saturated heterocycles. The Morgan fingerprint density at radius 3 is 1.95 bits per heavy atom. The van der Waals surface area contributed by atoms with E-state index in [0.717, 1.165) is 0 Å². The van der Waals surface area contributed by atoms with Gasteiger partial charge in [0.1, 0.15) is 6.10 Å². The maximum absolute atomic E-state index is 12.0. The van der Waals surface area contributed by atoms with Gasteiger partial charge in [-0.2, -0.15) is 0 Å². The highest BCUT2D eigenvalue weighted by Gasteiger charge is 2.30. The quantitative estimate of drug-likeness (QED) is 0.636. The summed E-state index contributed by atoms with van der Waals surface area (Å²) < 4.78 is 5.21. The van der Waals surface area contributed by atoms with Crippen molar-refractivity contribution in [2.75, 3.05) is 0 Å². The van der Waals surface area contributed by atoms with Crippen LogP contribution in [0.2, 0.25) is 0 Å². The standard InChI is InChI=1S/C16H29NO5/c1-9(2)7-11(5)16(21)22-12(6)14(15(19)20)17-13(18)8-10(3)4/h9-12,14H,7-8H2,1-6H3,(H,17,18)(H,19,20). The van der Waals surface area contributed by atoms with Crippen LogP contribution in [0.25, 0.3) is 0 Å². The van der Waals surface area contributed by atoms with Crippen molar-refractivity contribution < 1.29 is 24.2 Å². The van der Waals surface area contributed by atoms with Gasteiger partial charge in [-0.25, -0.2) is 4.79 Å². The van der Waals surface area contributed by atoms with Crippen molar-refractivity contribution >= 4 is 17.8 Å². The molecule has 0 rings (SSSR count). The van der Waals surface area contributed by atoms with E-state index in [2.05, 4.69) is 5.32 Å². The number of ether oxygens (including phenoxy) is 1. The van der Waals surface area contributed by atoms with Gasteiger partial charge in [-0.05, 0) is 25.2 Å². The third-order valence-corrected chi connectivity index (χ3v) is 3.17. The molecular weight excluding hydrogens is 286 g/mol. The average Bonchev–Trinajstić information content (AvgIpc) is 2.33. The van der Waals surface area contributed by atoms with Crippen LogP contribution in [0.15, 0.2) is 0 Å². The van der Waals surface area contributed by atoms with E-state index in [1.54, 1.807) is 6.92 Å². The fourth-order valence-corrected chi connectivity index (χ4v) is 2.15. The predicted molar refractivity (Wildman–Crippen MR) is 83.2 cm³/mol. The van der Waals surface area contributed by atoms with E-state index in [0.29, 0.717) is 12.3 Å². The van der Waals surface area contributed by atoms with Crippen molar-refractivity contribution in [3.05, 3.63) is 0 Å². The zero-order chi connectivity index (χ0) is 17.4. The van der Waals surface area contributed by atoms with Gasteiger partial charge in [0.05, 0.1) is 5.92 Å². The van der Waals surface area contributed by atoms with Gasteiger partial charge in [0, 0.05) is 6.42 Å². The first-order valence-electron chi connectivity index (χ1n) is 7.77. The number of nitrogens with one attached hydrogen (secondary N) is 1. The zero-order valence-corrected chi connectivity index (χ0v) is 14.4. The molecule has 3 atom stereocenters. The van der Waals surface area contributed by atoms with Crippen LogP contribution in [0.4, 0.5) is 0 Å². The van der Waals surface area contributed by atoms with Crippen molar-refractivity contribution in [2.24, 2.45) is 17.8 Å². The molecule has 0 spiro atoms. The van der Waals surface area contributed by atoms with Crippen molar-refractivity contribution in [1.82, 2.24) is 5.32 Å². The van der Waals surface area contributed by atoms with Gasteiger partial charge < -0.3 is 15.2 Å². The molecule has 0 aliphatic heterocycles. The Kier molecular flexibility index (Phi) is 8.75. The fourth-order valence-electron chi connectivity index (χ4n) is 2.15. The molecule has 6 heteroatoms. The lowest BCUT2D eigenvalue weighted by Gasteiger charge is -2.24. The Balaban J connectivity index is 4.66. The van der Waals surface area contributed by atoms with Crippen LogP contribution in [0.5, 0.6) is 0 Å². The number of aliphatic carboxylic acids is 1. The summed E-state index contributed by atoms with van der Waals surface area (Å²) >= 11 is 0. The number of rotatable bonds is 9. The van der Waals surface area contributed by atoms with Gasteiger partial charge in [0.2, 0.25) is 5.91 Å². The summed E-state index contributed by atoms with van der Waals surface area (Å²) in [5, 5.41) is 11.6. The van der Waals surface area contributed by atoms with E-state index in [9.17, 15) is 19.5 Å². The molecule has 0 radical (unpaired) electrons. The number of carboxylic acids is 1. The highest BCUT2D eigenvalue weighted by Crippen LogP contribution is 2.14. The Morgan fingerprint density at radius 1 is 1.00 bits per heavy atom. The summed E-state index contributed by atoms with van der Waals surface area (Å²) in [6.07, 6.45) is -0.0206. The molecule has 22 heavy (non-hydrogen) atoms. The largest absolute Gasteiger partial charge is 0.480 e. The van der Waals surface area contributed by atoms with Crippen molar-refractivity contribution in [1.29, 1.82) is 0 Å². The van der Waals surface area contributed by atoms with Crippen LogP contribution in [0.1, 0.15) is 54.4 Å². The summed E-state index contributed by atoms with van der Waals surface area (Å²) in [5.41, 5.74) is 0. The molecule has 0 aromatic carbocycles. The lowest BCUT2D eigenvalue weighted by atomic mass is 9.99. The highest BCUT2D eigenvalue weighted by atomic mass is 16.5. The minimum atomic E-state index is -1.23. The van der Waals surface area contributed by atoms with E-state index >= 15 is 0 Å². The lowest BCUT2D eigenvalue weighted by Crippen LogP contribution is -2.49. The molecule has 0 aromatic heterocycles. The smallest absolute Gasteiger partial charge is 0.330 e. The highest BCUT2D eigenvalue weighted by molar-refractivity contribution is 5.84. The second-order valence-electron chi connectivity index (χ2n) is 6.65. The third kappa shape index (κ3) is 8.00. The minimum Gasteiger partial charge on any atom is -0.480 e. The van der Waals surface area contributed by atoms with Crippen molar-refractivity contribution in [3.8, 4) is 0 Å². The predicted octanol–water partition coefficient (Wildman–Crippen LogP) is 2.22. The van der Waals surface area contributed by atoms with Gasteiger partial charge in [0.15, 0.2) is 6.04 Å². The number of carboxylic acid groups (broad SMARTS) is 1. The van der Waals surface area contributed by atoms with Crippen LogP contribution in [-0.4, -0.2) is 35.1 Å². The number of amides is 1. The zero-order valence-electron chi connectivity index (χ0n) is 14.4. The first-order chi connectivity index (χ1) is 10.0. The van der Waals surface area contributed by atoms with E-state index in [1.165, 1.54) is 6.92 Å². The maximum atomic E-state index is 12.0. The van der Waals surface area contributed by atoms with Crippen LogP contribution in [-0.2, 0) is 19.1 Å². The summed E-state index contributed by atoms with van der Waals surface area (Å²) in [7, 11) is 0. The molecule has 2 N–H and O–H groups in total. The molecule has 6 nitrogen and oxygen atoms in total. The molecular formula is C16H29NO5. The number of carbonyl (C=O) groups is 3. The van der Waals surface area contributed by atoms with Gasteiger partial charge in [0.25, 0.3) is 0 Å². The van der Waals surface area contributed by atoms with Gasteiger partial charge in [-0.1, -0.05) is 34.6 Å². The summed E-state index contributed by atoms with van der Waals surface area (Å²) in [5.74, 6) is -1.85. The summed E-state index contributed by atoms with van der Waals surface area (Å²) in [4.78, 5) is 35.0. The van der Waals surface area contributed by atoms with Gasteiger partial charge in [-0.15, -0.1) is 0 Å². The topological polar surface area (TPSA) is 92.7 Å². The van der Waals surface area contributed by atoms with E-state index < -0.39 is 24.1 Å². The van der Waals surface area contributed by atoms with Crippen molar-refractivity contribution in [3.63, 3.8) is 0 Å². The molecule has 0 heterocycles. The Labute approximate surface area is 132 Å². The van der Waals surface area contributed by atoms with Crippen molar-refractivity contribution in [2.45, 2.75) is 66.5 Å². The average molecular weight is 315 g/mol. The Hall–Kier alpha value is -1.59. The SMILES string of the molecule is CC(C)CC(=O)NC(C(=O)O)C(C)OC(=O)C(C)CC(C)C. The molecule has 0 saturated carbocycles. The van der Waals surface area contributed by atoms with E-state index in [-0.39, 0.29) is 24.2 Å². The Bertz CT molecular complexity index is 392. The van der Waals surface area contributed by atoms with Gasteiger partial charge >= 0.3 is 11.9 Å². The molecule has 3 unspecified atom stereocenters. The molecule has 0 aliphatic rings. The van der Waals surface area contributed by atoms with Gasteiger partial charge in [-0.3, -0.25) is 9.59 Å². The van der Waals surface area contributed by atoms with E-state index in [4.69, 9.17) is 4.74 Å². The van der Waals surface area contributed by atoms with Crippen LogP contribution in [0, 0.1) is 17.8 Å². The second kappa shape index (κ2) is 9.43. The monoisotopic (exact) mass is 315 g/mol. The number of hydrogen-bond acceptors (Lipinski definition) is 4. The first-order valence-corrected chi connectivity index (χ1v) is 7.77. The Morgan fingerprint density at radius 2 is 1.55 bits per heavy atom. The number of hydrogen-bond donors (Lipinski definition) is 2. The third-order valence-electron chi connectivity index (χ3n) is 3.17. The first kappa shape index (κ1) is 20.4. The molecule has 0 aromatic rings. The number of carbonyl (C=O) groups excluding carboxylic acids is 2. The van der Waals surface area contributed by atoms with Crippen LogP contribution >= 0.6 is 0 Å². The number of esters is 1. The minimum absolute atomic E-state index is 0.123. The summed E-state index contributed by atoms with van der Waals surface area (Å²) in [6, 6.07) is -1.23. The molecule has 0 aliphatic carbocycles. The van der Waals surface area contributed by atoms with Crippen LogP contribution in [0.3, 0.4) is 0 Å². The second-order valence-corrected chi connectivity index (χ2v) is 6.65. The normalized spacial score (nSPS) is 15.3. The molecule has 0 bridgehead atoms. The summed E-state index contributed by atoms with van der Waals surface area (Å²) in [6.45, 7) is 11.0. The van der Waals surface area contributed by atoms with E-state index in [1.807, 2.05) is 27.7 Å². The lowest BCUT2D eigenvalue weighted by molar-refractivity contribution is -0.159.